The average molecular weight is 157 g/mol. The van der Waals surface area contributed by atoms with E-state index in [9.17, 15) is 4.79 Å². The summed E-state index contributed by atoms with van der Waals surface area (Å²) in [4.78, 5) is 11.4. The van der Waals surface area contributed by atoms with Gasteiger partial charge in [0.2, 0.25) is 0 Å². The van der Waals surface area contributed by atoms with Gasteiger partial charge in [0.05, 0.1) is 6.04 Å². The van der Waals surface area contributed by atoms with Crippen molar-refractivity contribution in [3.63, 3.8) is 0 Å². The lowest BCUT2D eigenvalue weighted by Gasteiger charge is -2.17. The summed E-state index contributed by atoms with van der Waals surface area (Å²) >= 11 is 0. The molecule has 2 nitrogen and oxygen atoms in total. The first-order chi connectivity index (χ1) is 5.00. The number of rotatable bonds is 4. The second-order valence-corrected chi connectivity index (χ2v) is 3.48. The number of hydrogen-bond donors (Lipinski definition) is 1. The van der Waals surface area contributed by atoms with Crippen LogP contribution in [-0.4, -0.2) is 11.8 Å². The van der Waals surface area contributed by atoms with Gasteiger partial charge in [0.25, 0.3) is 0 Å². The molecule has 0 spiro atoms. The van der Waals surface area contributed by atoms with Gasteiger partial charge in [-0.25, -0.2) is 0 Å². The monoisotopic (exact) mass is 157 g/mol. The van der Waals surface area contributed by atoms with Gasteiger partial charge in [0.15, 0.2) is 5.78 Å². The normalized spacial score (nSPS) is 16.5. The Hall–Kier alpha value is -0.370. The molecule has 0 rings (SSSR count). The molecule has 0 aromatic carbocycles. The number of carbonyl (C=O) groups is 1. The van der Waals surface area contributed by atoms with Crippen molar-refractivity contribution in [1.29, 1.82) is 0 Å². The molecule has 2 N–H and O–H groups in total. The molecule has 0 aromatic rings. The van der Waals surface area contributed by atoms with Gasteiger partial charge in [0.1, 0.15) is 0 Å². The third-order valence-corrected chi connectivity index (χ3v) is 2.14. The van der Waals surface area contributed by atoms with Crippen LogP contribution in [0.25, 0.3) is 0 Å². The van der Waals surface area contributed by atoms with Gasteiger partial charge >= 0.3 is 0 Å². The van der Waals surface area contributed by atoms with Gasteiger partial charge in [-0.1, -0.05) is 27.7 Å². The van der Waals surface area contributed by atoms with E-state index in [0.29, 0.717) is 0 Å². The minimum atomic E-state index is -0.273. The lowest BCUT2D eigenvalue weighted by Crippen LogP contribution is -2.38. The first kappa shape index (κ1) is 10.6. The summed E-state index contributed by atoms with van der Waals surface area (Å²) in [6.07, 6.45) is 0.888. The molecule has 0 bridgehead atoms. The van der Waals surface area contributed by atoms with Crippen molar-refractivity contribution in [2.24, 2.45) is 17.6 Å². The first-order valence-corrected chi connectivity index (χ1v) is 4.30. The smallest absolute Gasteiger partial charge is 0.152 e. The lowest BCUT2D eigenvalue weighted by atomic mass is 9.91. The van der Waals surface area contributed by atoms with E-state index in [2.05, 4.69) is 0 Å². The van der Waals surface area contributed by atoms with Crippen molar-refractivity contribution in [3.05, 3.63) is 0 Å². The fourth-order valence-electron chi connectivity index (χ4n) is 0.858. The first-order valence-electron chi connectivity index (χ1n) is 4.30. The van der Waals surface area contributed by atoms with Crippen LogP contribution in [0.4, 0.5) is 0 Å². The Bertz CT molecular complexity index is 132. The zero-order valence-corrected chi connectivity index (χ0v) is 7.92. The van der Waals surface area contributed by atoms with E-state index in [1.165, 1.54) is 0 Å². The summed E-state index contributed by atoms with van der Waals surface area (Å²) in [6, 6.07) is -0.273. The van der Waals surface area contributed by atoms with Crippen LogP contribution in [0.15, 0.2) is 0 Å². The molecule has 0 amide bonds. The molecule has 0 saturated heterocycles. The van der Waals surface area contributed by atoms with E-state index in [1.54, 1.807) is 0 Å². The molecule has 0 aliphatic heterocycles. The van der Waals surface area contributed by atoms with E-state index >= 15 is 0 Å². The standard InChI is InChI=1S/C9H19NO/c1-5-7(4)9(11)8(10)6(2)3/h6-8H,5,10H2,1-4H3/t7?,8-/m1/s1. The van der Waals surface area contributed by atoms with Crippen LogP contribution in [0.5, 0.6) is 0 Å². The molecule has 0 aliphatic rings. The van der Waals surface area contributed by atoms with Crippen LogP contribution >= 0.6 is 0 Å². The van der Waals surface area contributed by atoms with Crippen LogP contribution in [0, 0.1) is 11.8 Å². The highest BCUT2D eigenvalue weighted by molar-refractivity contribution is 5.85. The minimum absolute atomic E-state index is 0.118. The molecule has 0 radical (unpaired) electrons. The Morgan fingerprint density at radius 1 is 1.36 bits per heavy atom. The van der Waals surface area contributed by atoms with Gasteiger partial charge in [0, 0.05) is 5.92 Å². The predicted molar refractivity (Wildman–Crippen MR) is 47.3 cm³/mol. The maximum Gasteiger partial charge on any atom is 0.152 e. The summed E-state index contributed by atoms with van der Waals surface area (Å²) in [5.74, 6) is 0.575. The fourth-order valence-corrected chi connectivity index (χ4v) is 0.858. The van der Waals surface area contributed by atoms with E-state index in [-0.39, 0.29) is 23.7 Å². The van der Waals surface area contributed by atoms with Crippen LogP contribution in [0.1, 0.15) is 34.1 Å². The molecule has 2 atom stereocenters. The summed E-state index contributed by atoms with van der Waals surface area (Å²) in [7, 11) is 0. The van der Waals surface area contributed by atoms with E-state index in [4.69, 9.17) is 5.73 Å². The molecule has 0 fully saturated rings. The fraction of sp³-hybridized carbons (Fsp3) is 0.889. The van der Waals surface area contributed by atoms with Crippen LogP contribution in [0.3, 0.4) is 0 Å². The molecule has 0 aliphatic carbocycles. The van der Waals surface area contributed by atoms with Crippen molar-refractivity contribution >= 4 is 5.78 Å². The molecular weight excluding hydrogens is 138 g/mol. The number of nitrogens with two attached hydrogens (primary N) is 1. The maximum absolute atomic E-state index is 11.4. The maximum atomic E-state index is 11.4. The molecule has 0 saturated carbocycles. The zero-order valence-electron chi connectivity index (χ0n) is 7.92. The van der Waals surface area contributed by atoms with Crippen LogP contribution in [-0.2, 0) is 4.79 Å². The molecule has 2 heteroatoms. The average Bonchev–Trinajstić information content (AvgIpc) is 2.00. The Kier molecular flexibility index (Phi) is 4.34. The van der Waals surface area contributed by atoms with E-state index in [1.807, 2.05) is 27.7 Å². The van der Waals surface area contributed by atoms with E-state index in [0.717, 1.165) is 6.42 Å². The largest absolute Gasteiger partial charge is 0.321 e. The van der Waals surface area contributed by atoms with Gasteiger partial charge < -0.3 is 5.73 Å². The molecule has 0 heterocycles. The number of ketones is 1. The third-order valence-electron chi connectivity index (χ3n) is 2.14. The molecule has 66 valence electrons. The predicted octanol–water partition coefficient (Wildman–Crippen LogP) is 1.58. The number of Topliss-reactive ketones (excluding diaryl/α,β-unsaturated/α-hetero) is 1. The highest BCUT2D eigenvalue weighted by atomic mass is 16.1. The lowest BCUT2D eigenvalue weighted by molar-refractivity contribution is -0.124. The zero-order chi connectivity index (χ0) is 9.02. The second kappa shape index (κ2) is 4.50. The molecule has 0 aromatic heterocycles. The summed E-state index contributed by atoms with van der Waals surface area (Å²) < 4.78 is 0. The van der Waals surface area contributed by atoms with Gasteiger partial charge in [-0.15, -0.1) is 0 Å². The van der Waals surface area contributed by atoms with E-state index < -0.39 is 0 Å². The highest BCUT2D eigenvalue weighted by Gasteiger charge is 2.21. The number of carbonyl (C=O) groups excluding carboxylic acids is 1. The van der Waals surface area contributed by atoms with Crippen molar-refractivity contribution in [2.45, 2.75) is 40.2 Å². The molecule has 11 heavy (non-hydrogen) atoms. The van der Waals surface area contributed by atoms with Crippen molar-refractivity contribution < 1.29 is 4.79 Å². The SMILES string of the molecule is CCC(C)C(=O)[C@H](N)C(C)C. The summed E-state index contributed by atoms with van der Waals surface area (Å²) in [6.45, 7) is 7.90. The summed E-state index contributed by atoms with van der Waals surface area (Å²) in [5.41, 5.74) is 5.69. The number of hydrogen-bond acceptors (Lipinski definition) is 2. The highest BCUT2D eigenvalue weighted by Crippen LogP contribution is 2.09. The third kappa shape index (κ3) is 3.02. The van der Waals surface area contributed by atoms with Crippen molar-refractivity contribution in [2.75, 3.05) is 0 Å². The second-order valence-electron chi connectivity index (χ2n) is 3.48. The molecular formula is C9H19NO. The Labute approximate surface area is 69.2 Å². The summed E-state index contributed by atoms with van der Waals surface area (Å²) in [5, 5.41) is 0. The topological polar surface area (TPSA) is 43.1 Å². The van der Waals surface area contributed by atoms with Crippen LogP contribution in [0.2, 0.25) is 0 Å². The minimum Gasteiger partial charge on any atom is -0.321 e. The van der Waals surface area contributed by atoms with Gasteiger partial charge in [-0.3, -0.25) is 4.79 Å². The van der Waals surface area contributed by atoms with Gasteiger partial charge in [-0.2, -0.15) is 0 Å². The van der Waals surface area contributed by atoms with Crippen molar-refractivity contribution in [1.82, 2.24) is 0 Å². The van der Waals surface area contributed by atoms with Gasteiger partial charge in [-0.05, 0) is 12.3 Å². The Balaban J connectivity index is 4.02. The molecule has 1 unspecified atom stereocenters. The Morgan fingerprint density at radius 2 is 1.82 bits per heavy atom. The van der Waals surface area contributed by atoms with Crippen molar-refractivity contribution in [3.8, 4) is 0 Å². The quantitative estimate of drug-likeness (QED) is 0.673. The Morgan fingerprint density at radius 3 is 2.09 bits per heavy atom. The van der Waals surface area contributed by atoms with Crippen LogP contribution < -0.4 is 5.73 Å².